The van der Waals surface area contributed by atoms with Crippen LogP contribution in [0.15, 0.2) is 11.2 Å². The lowest BCUT2D eigenvalue weighted by molar-refractivity contribution is 0.418. The van der Waals surface area contributed by atoms with E-state index in [1.54, 1.807) is 0 Å². The summed E-state index contributed by atoms with van der Waals surface area (Å²) >= 11 is 0. The van der Waals surface area contributed by atoms with Crippen LogP contribution in [0.25, 0.3) is 0 Å². The van der Waals surface area contributed by atoms with Gasteiger partial charge in [-0.1, -0.05) is 19.3 Å². The molecule has 1 fully saturated rings. The van der Waals surface area contributed by atoms with E-state index in [0.717, 1.165) is 24.2 Å². The van der Waals surface area contributed by atoms with Crippen molar-refractivity contribution < 1.29 is 4.21 Å². The van der Waals surface area contributed by atoms with Gasteiger partial charge in [-0.3, -0.25) is 0 Å². The molecule has 1 aromatic rings. The Hall–Kier alpha value is -0.810. The van der Waals surface area contributed by atoms with E-state index < -0.39 is 11.0 Å². The molecule has 1 unspecified atom stereocenters. The van der Waals surface area contributed by atoms with Crippen molar-refractivity contribution in [3.63, 3.8) is 0 Å². The number of aromatic nitrogens is 2. The molecule has 1 aliphatic carbocycles. The molecular formula is C12H19N3OS. The topological polar surface area (TPSA) is 54.9 Å². The van der Waals surface area contributed by atoms with Crippen molar-refractivity contribution in [3.05, 3.63) is 17.5 Å². The lowest BCUT2D eigenvalue weighted by atomic mass is 9.96. The normalized spacial score (nSPS) is 19.2. The third-order valence-electron chi connectivity index (χ3n) is 3.01. The zero-order valence-corrected chi connectivity index (χ0v) is 11.2. The van der Waals surface area contributed by atoms with Crippen LogP contribution in [0, 0.1) is 13.8 Å². The molecule has 17 heavy (non-hydrogen) atoms. The molecule has 4 nitrogen and oxygen atoms in total. The zero-order valence-electron chi connectivity index (χ0n) is 10.4. The molecule has 2 rings (SSSR count). The van der Waals surface area contributed by atoms with Gasteiger partial charge in [0.2, 0.25) is 5.16 Å². The second-order valence-corrected chi connectivity index (χ2v) is 5.79. The van der Waals surface area contributed by atoms with Gasteiger partial charge in [0.05, 0.1) is 0 Å². The van der Waals surface area contributed by atoms with Crippen molar-refractivity contribution in [2.45, 2.75) is 57.1 Å². The average Bonchev–Trinajstić information content (AvgIpc) is 2.29. The minimum Gasteiger partial charge on any atom is -0.234 e. The Balaban J connectivity index is 2.03. The van der Waals surface area contributed by atoms with E-state index in [2.05, 4.69) is 14.7 Å². The van der Waals surface area contributed by atoms with E-state index in [9.17, 15) is 4.21 Å². The van der Waals surface area contributed by atoms with E-state index in [1.165, 1.54) is 19.3 Å². The largest absolute Gasteiger partial charge is 0.234 e. The minimum absolute atomic E-state index is 0.356. The highest BCUT2D eigenvalue weighted by atomic mass is 32.2. The quantitative estimate of drug-likeness (QED) is 0.839. The van der Waals surface area contributed by atoms with Crippen LogP contribution in [0.1, 0.15) is 43.5 Å². The smallest absolute Gasteiger partial charge is 0.234 e. The number of hydrogen-bond acceptors (Lipinski definition) is 3. The molecule has 0 aromatic carbocycles. The average molecular weight is 253 g/mol. The Morgan fingerprint density at radius 2 is 1.76 bits per heavy atom. The van der Waals surface area contributed by atoms with Gasteiger partial charge >= 0.3 is 0 Å². The van der Waals surface area contributed by atoms with Crippen molar-refractivity contribution in [1.29, 1.82) is 0 Å². The Morgan fingerprint density at radius 3 is 2.35 bits per heavy atom. The van der Waals surface area contributed by atoms with Gasteiger partial charge < -0.3 is 0 Å². The number of hydrogen-bond donors (Lipinski definition) is 1. The van der Waals surface area contributed by atoms with Crippen molar-refractivity contribution in [3.8, 4) is 0 Å². The summed E-state index contributed by atoms with van der Waals surface area (Å²) in [5.74, 6) is 0. The van der Waals surface area contributed by atoms with Gasteiger partial charge in [0.25, 0.3) is 0 Å². The maximum Gasteiger partial charge on any atom is 0.234 e. The highest BCUT2D eigenvalue weighted by Gasteiger charge is 2.17. The van der Waals surface area contributed by atoms with E-state index in [0.29, 0.717) is 11.2 Å². The zero-order chi connectivity index (χ0) is 12.3. The summed E-state index contributed by atoms with van der Waals surface area (Å²) in [5, 5.41) is 0.410. The van der Waals surface area contributed by atoms with Crippen LogP contribution >= 0.6 is 0 Å². The molecule has 0 amide bonds. The lowest BCUT2D eigenvalue weighted by Crippen LogP contribution is -2.33. The van der Waals surface area contributed by atoms with E-state index in [1.807, 2.05) is 19.9 Å². The predicted octanol–water partition coefficient (Wildman–Crippen LogP) is 2.04. The Kier molecular flexibility index (Phi) is 4.23. The Bertz CT molecular complexity index is 396. The Morgan fingerprint density at radius 1 is 1.18 bits per heavy atom. The molecule has 0 aliphatic heterocycles. The third-order valence-corrected chi connectivity index (χ3v) is 4.07. The molecule has 0 spiro atoms. The molecule has 1 N–H and O–H groups in total. The molecule has 1 heterocycles. The first-order chi connectivity index (χ1) is 8.15. The first-order valence-corrected chi connectivity index (χ1v) is 7.30. The van der Waals surface area contributed by atoms with Crippen molar-refractivity contribution in [2.24, 2.45) is 0 Å². The molecule has 0 saturated heterocycles. The van der Waals surface area contributed by atoms with Crippen LogP contribution in [-0.2, 0) is 11.0 Å². The monoisotopic (exact) mass is 253 g/mol. The van der Waals surface area contributed by atoms with Gasteiger partial charge in [0.1, 0.15) is 0 Å². The van der Waals surface area contributed by atoms with Crippen LogP contribution in [0.4, 0.5) is 0 Å². The summed E-state index contributed by atoms with van der Waals surface area (Å²) in [6.45, 7) is 3.80. The van der Waals surface area contributed by atoms with Crippen LogP contribution in [0.2, 0.25) is 0 Å². The summed E-state index contributed by atoms with van der Waals surface area (Å²) in [6, 6.07) is 2.25. The fourth-order valence-electron chi connectivity index (χ4n) is 2.20. The first-order valence-electron chi connectivity index (χ1n) is 6.15. The lowest BCUT2D eigenvalue weighted by Gasteiger charge is -2.21. The van der Waals surface area contributed by atoms with E-state index in [4.69, 9.17) is 0 Å². The van der Waals surface area contributed by atoms with E-state index in [-0.39, 0.29) is 0 Å². The fraction of sp³-hybridized carbons (Fsp3) is 0.667. The molecule has 1 aromatic heterocycles. The van der Waals surface area contributed by atoms with Crippen LogP contribution in [0.3, 0.4) is 0 Å². The number of nitrogens with zero attached hydrogens (tertiary/aromatic N) is 2. The van der Waals surface area contributed by atoms with Crippen LogP contribution < -0.4 is 4.72 Å². The summed E-state index contributed by atoms with van der Waals surface area (Å²) in [5.41, 5.74) is 1.73. The Labute approximate surface area is 105 Å². The predicted molar refractivity (Wildman–Crippen MR) is 67.9 cm³/mol. The minimum atomic E-state index is -1.27. The highest BCUT2D eigenvalue weighted by molar-refractivity contribution is 7.82. The van der Waals surface area contributed by atoms with Gasteiger partial charge in [-0.25, -0.2) is 18.9 Å². The van der Waals surface area contributed by atoms with Crippen molar-refractivity contribution >= 4 is 11.0 Å². The maximum absolute atomic E-state index is 12.1. The van der Waals surface area contributed by atoms with E-state index >= 15 is 0 Å². The third kappa shape index (κ3) is 3.57. The van der Waals surface area contributed by atoms with Gasteiger partial charge in [-0.05, 0) is 32.8 Å². The molecule has 1 saturated carbocycles. The van der Waals surface area contributed by atoms with Gasteiger partial charge in [0.15, 0.2) is 11.0 Å². The van der Waals surface area contributed by atoms with Gasteiger partial charge in [0, 0.05) is 17.4 Å². The molecule has 5 heteroatoms. The van der Waals surface area contributed by atoms with Crippen LogP contribution in [-0.4, -0.2) is 20.2 Å². The number of rotatable bonds is 3. The molecule has 94 valence electrons. The second kappa shape index (κ2) is 5.69. The summed E-state index contributed by atoms with van der Waals surface area (Å²) in [6.07, 6.45) is 5.96. The molecule has 0 radical (unpaired) electrons. The summed E-state index contributed by atoms with van der Waals surface area (Å²) in [4.78, 5) is 8.45. The second-order valence-electron chi connectivity index (χ2n) is 4.65. The maximum atomic E-state index is 12.1. The molecule has 1 aliphatic rings. The molecule has 1 atom stereocenters. The summed E-state index contributed by atoms with van der Waals surface area (Å²) < 4.78 is 15.2. The number of nitrogens with one attached hydrogen (secondary N) is 1. The summed E-state index contributed by atoms with van der Waals surface area (Å²) in [7, 11) is -1.27. The van der Waals surface area contributed by atoms with Gasteiger partial charge in [-0.2, -0.15) is 0 Å². The van der Waals surface area contributed by atoms with Crippen LogP contribution in [0.5, 0.6) is 0 Å². The molecule has 0 bridgehead atoms. The standard InChI is InChI=1S/C12H19N3OS/c1-9-8-10(2)14-12(13-9)17(16)15-11-6-4-3-5-7-11/h8,11,15H,3-7H2,1-2H3. The SMILES string of the molecule is Cc1cc(C)nc(S(=O)NC2CCCCC2)n1. The highest BCUT2D eigenvalue weighted by Crippen LogP contribution is 2.18. The molecular weight excluding hydrogens is 234 g/mol. The first kappa shape index (κ1) is 12.6. The van der Waals surface area contributed by atoms with Gasteiger partial charge in [-0.15, -0.1) is 0 Å². The number of aryl methyl sites for hydroxylation is 2. The van der Waals surface area contributed by atoms with Crippen molar-refractivity contribution in [2.75, 3.05) is 0 Å². The van der Waals surface area contributed by atoms with Crippen molar-refractivity contribution in [1.82, 2.24) is 14.7 Å². The fourth-order valence-corrected chi connectivity index (χ4v) is 3.30.